The van der Waals surface area contributed by atoms with Crippen LogP contribution < -0.4 is 10.1 Å². The standard InChI is InChI=1S/C16H16I2N2O5/c1-3-20-15(22)12(19-16(20)23)7-9-5-10(17)14(11(18)6-9)25-8-13(21)24-4-2/h5-7H,3-4,8H2,1-2H3,(H,19,23)/b12-7+. The summed E-state index contributed by atoms with van der Waals surface area (Å²) in [5.41, 5.74) is 0.984. The second-order valence-corrected chi connectivity index (χ2v) is 7.27. The molecule has 1 aromatic carbocycles. The fourth-order valence-corrected chi connectivity index (χ4v) is 4.29. The molecule has 2 rings (SSSR count). The third kappa shape index (κ3) is 4.84. The van der Waals surface area contributed by atoms with Gasteiger partial charge in [-0.05, 0) is 82.8 Å². The van der Waals surface area contributed by atoms with Gasteiger partial charge in [0.25, 0.3) is 5.91 Å². The smallest absolute Gasteiger partial charge is 0.344 e. The highest BCUT2D eigenvalue weighted by Crippen LogP contribution is 2.30. The Morgan fingerprint density at radius 2 is 1.88 bits per heavy atom. The van der Waals surface area contributed by atoms with E-state index in [1.165, 1.54) is 0 Å². The van der Waals surface area contributed by atoms with Gasteiger partial charge >= 0.3 is 12.0 Å². The number of carbonyl (C=O) groups excluding carboxylic acids is 3. The van der Waals surface area contributed by atoms with Gasteiger partial charge in [-0.25, -0.2) is 9.59 Å². The third-order valence-corrected chi connectivity index (χ3v) is 4.85. The van der Waals surface area contributed by atoms with Crippen LogP contribution in [0.5, 0.6) is 5.75 Å². The molecule has 1 saturated heterocycles. The summed E-state index contributed by atoms with van der Waals surface area (Å²) < 4.78 is 11.9. The number of rotatable bonds is 6. The number of hydrogen-bond acceptors (Lipinski definition) is 5. The molecule has 1 aromatic rings. The Morgan fingerprint density at radius 1 is 1.24 bits per heavy atom. The molecule has 0 unspecified atom stereocenters. The quantitative estimate of drug-likeness (QED) is 0.246. The summed E-state index contributed by atoms with van der Waals surface area (Å²) in [4.78, 5) is 36.4. The summed E-state index contributed by atoms with van der Waals surface area (Å²) in [6.07, 6.45) is 1.62. The molecular formula is C16H16I2N2O5. The second-order valence-electron chi connectivity index (χ2n) is 4.94. The van der Waals surface area contributed by atoms with E-state index in [1.54, 1.807) is 19.9 Å². The molecular weight excluding hydrogens is 554 g/mol. The Labute approximate surface area is 172 Å². The van der Waals surface area contributed by atoms with Gasteiger partial charge in [0.05, 0.1) is 13.7 Å². The maximum atomic E-state index is 12.1. The number of likely N-dealkylation sites (N-methyl/N-ethyl adjacent to an activating group) is 1. The molecule has 0 atom stereocenters. The first-order valence-corrected chi connectivity index (χ1v) is 9.65. The minimum absolute atomic E-state index is 0.166. The van der Waals surface area contributed by atoms with Crippen LogP contribution in [0.4, 0.5) is 4.79 Å². The molecule has 0 bridgehead atoms. The average molecular weight is 570 g/mol. The maximum absolute atomic E-state index is 12.1. The molecule has 1 aliphatic heterocycles. The minimum Gasteiger partial charge on any atom is -0.480 e. The maximum Gasteiger partial charge on any atom is 0.344 e. The largest absolute Gasteiger partial charge is 0.480 e. The lowest BCUT2D eigenvalue weighted by Gasteiger charge is -2.11. The first-order chi connectivity index (χ1) is 11.9. The molecule has 0 saturated carbocycles. The van der Waals surface area contributed by atoms with Crippen molar-refractivity contribution < 1.29 is 23.9 Å². The van der Waals surface area contributed by atoms with Gasteiger partial charge < -0.3 is 14.8 Å². The van der Waals surface area contributed by atoms with Crippen LogP contribution in [0.3, 0.4) is 0 Å². The van der Waals surface area contributed by atoms with Crippen molar-refractivity contribution in [2.24, 2.45) is 0 Å². The van der Waals surface area contributed by atoms with E-state index >= 15 is 0 Å². The summed E-state index contributed by atoms with van der Waals surface area (Å²) in [6.45, 7) is 3.92. The van der Waals surface area contributed by atoms with E-state index in [0.29, 0.717) is 18.9 Å². The van der Waals surface area contributed by atoms with Crippen molar-refractivity contribution in [3.63, 3.8) is 0 Å². The first-order valence-electron chi connectivity index (χ1n) is 7.49. The Morgan fingerprint density at radius 3 is 2.40 bits per heavy atom. The fourth-order valence-electron chi connectivity index (χ4n) is 2.16. The van der Waals surface area contributed by atoms with Gasteiger partial charge in [0.15, 0.2) is 6.61 Å². The van der Waals surface area contributed by atoms with E-state index in [-0.39, 0.29) is 18.2 Å². The minimum atomic E-state index is -0.431. The van der Waals surface area contributed by atoms with E-state index in [4.69, 9.17) is 9.47 Å². The monoisotopic (exact) mass is 570 g/mol. The number of nitrogens with one attached hydrogen (secondary N) is 1. The Hall–Kier alpha value is -1.37. The molecule has 1 fully saturated rings. The Balaban J connectivity index is 2.20. The van der Waals surface area contributed by atoms with Crippen LogP contribution in [0.2, 0.25) is 0 Å². The second kappa shape index (κ2) is 8.83. The zero-order valence-electron chi connectivity index (χ0n) is 13.6. The molecule has 0 aliphatic carbocycles. The van der Waals surface area contributed by atoms with Gasteiger partial charge in [-0.3, -0.25) is 9.69 Å². The number of urea groups is 1. The zero-order valence-corrected chi connectivity index (χ0v) is 17.9. The van der Waals surface area contributed by atoms with E-state index in [1.807, 2.05) is 12.1 Å². The summed E-state index contributed by atoms with van der Waals surface area (Å²) in [7, 11) is 0. The van der Waals surface area contributed by atoms with E-state index in [2.05, 4.69) is 50.5 Å². The molecule has 0 spiro atoms. The third-order valence-electron chi connectivity index (χ3n) is 3.25. The van der Waals surface area contributed by atoms with Crippen molar-refractivity contribution in [2.75, 3.05) is 19.8 Å². The molecule has 0 radical (unpaired) electrons. The lowest BCUT2D eigenvalue weighted by atomic mass is 10.2. The summed E-state index contributed by atoms with van der Waals surface area (Å²) >= 11 is 4.19. The predicted octanol–water partition coefficient (Wildman–Crippen LogP) is 2.75. The zero-order chi connectivity index (χ0) is 18.6. The van der Waals surface area contributed by atoms with Crippen LogP contribution in [-0.4, -0.2) is 42.6 Å². The number of benzene rings is 1. The summed E-state index contributed by atoms with van der Waals surface area (Å²) in [6, 6.07) is 3.20. The van der Waals surface area contributed by atoms with Crippen LogP contribution in [-0.2, 0) is 14.3 Å². The van der Waals surface area contributed by atoms with Gasteiger partial charge in [0, 0.05) is 6.54 Å². The summed E-state index contributed by atoms with van der Waals surface area (Å²) in [5, 5.41) is 2.56. The van der Waals surface area contributed by atoms with Crippen LogP contribution in [0, 0.1) is 7.14 Å². The number of nitrogens with zero attached hydrogens (tertiary/aromatic N) is 1. The van der Waals surface area contributed by atoms with E-state index < -0.39 is 12.0 Å². The van der Waals surface area contributed by atoms with Crippen LogP contribution >= 0.6 is 45.2 Å². The molecule has 1 N–H and O–H groups in total. The number of carbonyl (C=O) groups is 3. The molecule has 0 aromatic heterocycles. The highest BCUT2D eigenvalue weighted by Gasteiger charge is 2.32. The molecule has 3 amide bonds. The number of halogens is 2. The van der Waals surface area contributed by atoms with E-state index in [9.17, 15) is 14.4 Å². The molecule has 1 aliphatic rings. The Bertz CT molecular complexity index is 725. The number of amides is 3. The molecule has 1 heterocycles. The fraction of sp³-hybridized carbons (Fsp3) is 0.312. The number of imide groups is 1. The van der Waals surface area contributed by atoms with Crippen molar-refractivity contribution in [1.82, 2.24) is 10.2 Å². The molecule has 134 valence electrons. The van der Waals surface area contributed by atoms with Gasteiger partial charge in [0.1, 0.15) is 11.4 Å². The lowest BCUT2D eigenvalue weighted by Crippen LogP contribution is -2.30. The van der Waals surface area contributed by atoms with Gasteiger partial charge in [-0.2, -0.15) is 0 Å². The Kier molecular flexibility index (Phi) is 7.04. The van der Waals surface area contributed by atoms with Gasteiger partial charge in [-0.15, -0.1) is 0 Å². The number of hydrogen-bond donors (Lipinski definition) is 1. The van der Waals surface area contributed by atoms with Crippen molar-refractivity contribution in [1.29, 1.82) is 0 Å². The molecule has 7 nitrogen and oxygen atoms in total. The van der Waals surface area contributed by atoms with Crippen molar-refractivity contribution in [3.05, 3.63) is 30.5 Å². The number of ether oxygens (including phenoxy) is 2. The van der Waals surface area contributed by atoms with Gasteiger partial charge in [0.2, 0.25) is 0 Å². The lowest BCUT2D eigenvalue weighted by molar-refractivity contribution is -0.145. The van der Waals surface area contributed by atoms with Gasteiger partial charge in [-0.1, -0.05) is 0 Å². The van der Waals surface area contributed by atoms with E-state index in [0.717, 1.165) is 17.6 Å². The van der Waals surface area contributed by atoms with Crippen molar-refractivity contribution in [2.45, 2.75) is 13.8 Å². The molecule has 25 heavy (non-hydrogen) atoms. The van der Waals surface area contributed by atoms with Crippen LogP contribution in [0.1, 0.15) is 19.4 Å². The SMILES string of the molecule is CCOC(=O)COc1c(I)cc(/C=C2/NC(=O)N(CC)C2=O)cc1I. The van der Waals surface area contributed by atoms with Crippen molar-refractivity contribution in [3.8, 4) is 5.75 Å². The highest BCUT2D eigenvalue weighted by molar-refractivity contribution is 14.1. The summed E-state index contributed by atoms with van der Waals surface area (Å²) in [5.74, 6) is -0.201. The first kappa shape index (κ1) is 19.9. The van der Waals surface area contributed by atoms with Crippen LogP contribution in [0.25, 0.3) is 6.08 Å². The van der Waals surface area contributed by atoms with Crippen molar-refractivity contribution >= 4 is 69.2 Å². The predicted molar refractivity (Wildman–Crippen MR) is 108 cm³/mol. The normalized spacial score (nSPS) is 15.5. The average Bonchev–Trinajstić information content (AvgIpc) is 2.80. The highest BCUT2D eigenvalue weighted by atomic mass is 127. The number of esters is 1. The van der Waals surface area contributed by atoms with Crippen LogP contribution in [0.15, 0.2) is 17.8 Å². The topological polar surface area (TPSA) is 84.9 Å². The molecule has 9 heteroatoms.